The normalized spacial score (nSPS) is 16.3. The van der Waals surface area contributed by atoms with Crippen LogP contribution < -0.4 is 9.80 Å². The first-order valence-electron chi connectivity index (χ1n) is 10.3. The van der Waals surface area contributed by atoms with Crippen LogP contribution in [0.4, 0.5) is 11.6 Å². The zero-order valence-electron chi connectivity index (χ0n) is 16.5. The minimum Gasteiger partial charge on any atom is -0.352 e. The molecule has 1 saturated heterocycles. The van der Waals surface area contributed by atoms with Crippen molar-refractivity contribution in [3.05, 3.63) is 54.0 Å². The number of benzene rings is 1. The van der Waals surface area contributed by atoms with Gasteiger partial charge >= 0.3 is 0 Å². The molecule has 4 aromatic rings. The average Bonchev–Trinajstić information content (AvgIpc) is 3.46. The maximum Gasteiger partial charge on any atom is 0.189 e. The molecule has 0 N–H and O–H groups in total. The molecule has 9 nitrogen and oxygen atoms in total. The van der Waals surface area contributed by atoms with Crippen LogP contribution in [0.3, 0.4) is 0 Å². The second kappa shape index (κ2) is 7.01. The van der Waals surface area contributed by atoms with Crippen molar-refractivity contribution in [1.29, 1.82) is 0 Å². The van der Waals surface area contributed by atoms with Gasteiger partial charge in [-0.1, -0.05) is 23.4 Å². The molecule has 150 valence electrons. The van der Waals surface area contributed by atoms with Crippen LogP contribution in [-0.2, 0) is 12.8 Å². The molecule has 1 aliphatic carbocycles. The molecule has 0 amide bonds. The molecule has 1 aromatic carbocycles. The van der Waals surface area contributed by atoms with Crippen LogP contribution in [0.5, 0.6) is 0 Å². The molecular weight excluding hydrogens is 378 g/mol. The standard InChI is InChI=1S/C21H21N9/c1-2-6-16(7-3-1)30-21-19(26-27-30)20(22-14-23-21)29-11-9-28(10-12-29)18-13-15-5-4-8-17(15)24-25-18/h1-3,6-7,13-14H,4-5,8-12H2. The lowest BCUT2D eigenvalue weighted by Gasteiger charge is -2.35. The topological polar surface area (TPSA) is 88.8 Å². The molecule has 0 saturated carbocycles. The Balaban J connectivity index is 1.25. The van der Waals surface area contributed by atoms with Crippen LogP contribution >= 0.6 is 0 Å². The predicted octanol–water partition coefficient (Wildman–Crippen LogP) is 1.82. The summed E-state index contributed by atoms with van der Waals surface area (Å²) in [5, 5.41) is 17.6. The lowest BCUT2D eigenvalue weighted by atomic mass is 10.2. The highest BCUT2D eigenvalue weighted by molar-refractivity contribution is 5.83. The Morgan fingerprint density at radius 3 is 2.50 bits per heavy atom. The largest absolute Gasteiger partial charge is 0.352 e. The van der Waals surface area contributed by atoms with Gasteiger partial charge < -0.3 is 9.80 Å². The van der Waals surface area contributed by atoms with E-state index in [9.17, 15) is 0 Å². The summed E-state index contributed by atoms with van der Waals surface area (Å²) >= 11 is 0. The van der Waals surface area contributed by atoms with E-state index in [0.29, 0.717) is 0 Å². The molecular formula is C21H21N9. The highest BCUT2D eigenvalue weighted by Crippen LogP contribution is 2.26. The molecule has 1 aliphatic heterocycles. The van der Waals surface area contributed by atoms with E-state index in [1.165, 1.54) is 17.7 Å². The molecule has 6 rings (SSSR count). The highest BCUT2D eigenvalue weighted by atomic mass is 15.5. The summed E-state index contributed by atoms with van der Waals surface area (Å²) in [5.74, 6) is 1.82. The van der Waals surface area contributed by atoms with Gasteiger partial charge in [-0.3, -0.25) is 0 Å². The third-order valence-corrected chi connectivity index (χ3v) is 5.93. The molecule has 0 radical (unpaired) electrons. The van der Waals surface area contributed by atoms with E-state index < -0.39 is 0 Å². The quantitative estimate of drug-likeness (QED) is 0.515. The number of aromatic nitrogens is 7. The Hall–Kier alpha value is -3.62. The summed E-state index contributed by atoms with van der Waals surface area (Å²) in [6, 6.07) is 12.1. The molecule has 30 heavy (non-hydrogen) atoms. The number of hydrogen-bond acceptors (Lipinski definition) is 8. The molecule has 9 heteroatoms. The van der Waals surface area contributed by atoms with E-state index in [0.717, 1.165) is 67.5 Å². The second-order valence-corrected chi connectivity index (χ2v) is 7.71. The summed E-state index contributed by atoms with van der Waals surface area (Å²) in [4.78, 5) is 13.5. The Morgan fingerprint density at radius 1 is 0.800 bits per heavy atom. The second-order valence-electron chi connectivity index (χ2n) is 7.71. The molecule has 0 unspecified atom stereocenters. The molecule has 0 spiro atoms. The van der Waals surface area contributed by atoms with Crippen molar-refractivity contribution in [2.24, 2.45) is 0 Å². The number of aryl methyl sites for hydroxylation is 2. The Morgan fingerprint density at radius 2 is 1.63 bits per heavy atom. The summed E-state index contributed by atoms with van der Waals surface area (Å²) in [6.07, 6.45) is 4.96. The zero-order chi connectivity index (χ0) is 19.9. The van der Waals surface area contributed by atoms with Crippen molar-refractivity contribution in [2.45, 2.75) is 19.3 Å². The Labute approximate surface area is 173 Å². The zero-order valence-corrected chi connectivity index (χ0v) is 16.5. The first kappa shape index (κ1) is 17.3. The monoisotopic (exact) mass is 399 g/mol. The Bertz CT molecular complexity index is 1200. The number of fused-ring (bicyclic) bond motifs is 2. The summed E-state index contributed by atoms with van der Waals surface area (Å²) < 4.78 is 1.76. The van der Waals surface area contributed by atoms with Crippen LogP contribution in [-0.4, -0.2) is 61.3 Å². The van der Waals surface area contributed by atoms with Gasteiger partial charge in [-0.15, -0.1) is 10.2 Å². The van der Waals surface area contributed by atoms with Crippen molar-refractivity contribution in [3.63, 3.8) is 0 Å². The van der Waals surface area contributed by atoms with Crippen LogP contribution in [0.15, 0.2) is 42.7 Å². The number of piperazine rings is 1. The van der Waals surface area contributed by atoms with Gasteiger partial charge in [0.1, 0.15) is 6.33 Å². The molecule has 0 bridgehead atoms. The van der Waals surface area contributed by atoms with E-state index in [-0.39, 0.29) is 0 Å². The first-order valence-corrected chi connectivity index (χ1v) is 10.3. The van der Waals surface area contributed by atoms with E-state index in [2.05, 4.69) is 46.3 Å². The smallest absolute Gasteiger partial charge is 0.189 e. The average molecular weight is 399 g/mol. The van der Waals surface area contributed by atoms with Gasteiger partial charge in [-0.2, -0.15) is 9.78 Å². The molecule has 4 heterocycles. The van der Waals surface area contributed by atoms with Gasteiger partial charge in [0.15, 0.2) is 22.8 Å². The number of para-hydroxylation sites is 1. The number of nitrogens with zero attached hydrogens (tertiary/aromatic N) is 9. The minimum atomic E-state index is 0.720. The summed E-state index contributed by atoms with van der Waals surface area (Å²) in [7, 11) is 0. The number of anilines is 2. The van der Waals surface area contributed by atoms with Crippen LogP contribution in [0.2, 0.25) is 0 Å². The van der Waals surface area contributed by atoms with E-state index >= 15 is 0 Å². The first-order chi connectivity index (χ1) is 14.9. The maximum atomic E-state index is 4.54. The highest BCUT2D eigenvalue weighted by Gasteiger charge is 2.24. The van der Waals surface area contributed by atoms with Gasteiger partial charge in [-0.25, -0.2) is 9.97 Å². The van der Waals surface area contributed by atoms with E-state index in [1.54, 1.807) is 11.0 Å². The lowest BCUT2D eigenvalue weighted by Crippen LogP contribution is -2.47. The molecule has 1 fully saturated rings. The fraction of sp³-hybridized carbons (Fsp3) is 0.333. The van der Waals surface area contributed by atoms with Gasteiger partial charge in [0.25, 0.3) is 0 Å². The fourth-order valence-electron chi connectivity index (χ4n) is 4.33. The summed E-state index contributed by atoms with van der Waals surface area (Å²) in [6.45, 7) is 3.41. The van der Waals surface area contributed by atoms with E-state index in [4.69, 9.17) is 0 Å². The van der Waals surface area contributed by atoms with Gasteiger partial charge in [-0.05, 0) is 43.0 Å². The molecule has 3 aromatic heterocycles. The van der Waals surface area contributed by atoms with Crippen LogP contribution in [0.25, 0.3) is 16.9 Å². The maximum absolute atomic E-state index is 4.54. The fourth-order valence-corrected chi connectivity index (χ4v) is 4.33. The third kappa shape index (κ3) is 2.85. The van der Waals surface area contributed by atoms with Crippen molar-refractivity contribution >= 4 is 22.8 Å². The number of hydrogen-bond donors (Lipinski definition) is 0. The SMILES string of the molecule is c1ccc(-n2nnc3c(N4CCN(c5cc6c(nn5)CCC6)CC4)ncnc32)cc1. The molecule has 0 atom stereocenters. The van der Waals surface area contributed by atoms with Gasteiger partial charge in [0, 0.05) is 26.2 Å². The molecule has 2 aliphatic rings. The van der Waals surface area contributed by atoms with Crippen molar-refractivity contribution in [2.75, 3.05) is 36.0 Å². The van der Waals surface area contributed by atoms with E-state index in [1.807, 2.05) is 30.3 Å². The van der Waals surface area contributed by atoms with Crippen molar-refractivity contribution < 1.29 is 0 Å². The van der Waals surface area contributed by atoms with Gasteiger partial charge in [0.05, 0.1) is 11.4 Å². The predicted molar refractivity (Wildman–Crippen MR) is 113 cm³/mol. The summed E-state index contributed by atoms with van der Waals surface area (Å²) in [5.41, 5.74) is 4.91. The third-order valence-electron chi connectivity index (χ3n) is 5.93. The van der Waals surface area contributed by atoms with Gasteiger partial charge in [0.2, 0.25) is 0 Å². The lowest BCUT2D eigenvalue weighted by molar-refractivity contribution is 0.638. The minimum absolute atomic E-state index is 0.720. The van der Waals surface area contributed by atoms with Crippen molar-refractivity contribution in [1.82, 2.24) is 35.2 Å². The van der Waals surface area contributed by atoms with Crippen molar-refractivity contribution in [3.8, 4) is 5.69 Å². The van der Waals surface area contributed by atoms with Crippen LogP contribution in [0, 0.1) is 0 Å². The number of rotatable bonds is 3. The van der Waals surface area contributed by atoms with Crippen LogP contribution in [0.1, 0.15) is 17.7 Å². The Kier molecular flexibility index (Phi) is 4.03.